The van der Waals surface area contributed by atoms with E-state index in [0.29, 0.717) is 0 Å². The third kappa shape index (κ3) is 6.98. The molecule has 1 fully saturated rings. The molecule has 0 radical (unpaired) electrons. The van der Waals surface area contributed by atoms with Crippen molar-refractivity contribution in [2.45, 2.75) is 84.0 Å². The molecule has 4 heteroatoms. The number of ether oxygens (including phenoxy) is 1. The molecular weight excluding hydrogens is 266 g/mol. The van der Waals surface area contributed by atoms with Gasteiger partial charge in [0.05, 0.1) is 12.1 Å². The van der Waals surface area contributed by atoms with Gasteiger partial charge in [-0.25, -0.2) is 4.79 Å². The van der Waals surface area contributed by atoms with Crippen molar-refractivity contribution in [1.82, 2.24) is 4.90 Å². The summed E-state index contributed by atoms with van der Waals surface area (Å²) in [7, 11) is 0. The normalized spacial score (nSPS) is 21.0. The average Bonchev–Trinajstić information content (AvgIpc) is 2.83. The summed E-state index contributed by atoms with van der Waals surface area (Å²) in [5.74, 6) is 0. The summed E-state index contributed by atoms with van der Waals surface area (Å²) in [5.41, 5.74) is -0.465. The Hall–Kier alpha value is -1.03. The Balaban J connectivity index is 2.47. The minimum atomic E-state index is -0.465. The first-order chi connectivity index (χ1) is 9.83. The third-order valence-electron chi connectivity index (χ3n) is 3.59. The van der Waals surface area contributed by atoms with Crippen LogP contribution in [-0.4, -0.2) is 40.4 Å². The van der Waals surface area contributed by atoms with Crippen LogP contribution in [0.25, 0.3) is 0 Å². The van der Waals surface area contributed by atoms with E-state index in [1.165, 1.54) is 0 Å². The third-order valence-corrected chi connectivity index (χ3v) is 3.59. The second kappa shape index (κ2) is 8.42. The average molecular weight is 297 g/mol. The highest BCUT2D eigenvalue weighted by Crippen LogP contribution is 2.22. The van der Waals surface area contributed by atoms with Crippen molar-refractivity contribution in [2.24, 2.45) is 0 Å². The van der Waals surface area contributed by atoms with Gasteiger partial charge in [0, 0.05) is 6.54 Å². The fourth-order valence-corrected chi connectivity index (χ4v) is 2.50. The Morgan fingerprint density at radius 3 is 2.76 bits per heavy atom. The highest BCUT2D eigenvalue weighted by atomic mass is 16.6. The molecule has 4 nitrogen and oxygen atoms in total. The summed E-state index contributed by atoms with van der Waals surface area (Å²) < 4.78 is 5.43. The highest BCUT2D eigenvalue weighted by Gasteiger charge is 2.30. The van der Waals surface area contributed by atoms with Crippen LogP contribution in [0.5, 0.6) is 0 Å². The van der Waals surface area contributed by atoms with E-state index in [0.717, 1.165) is 45.1 Å². The lowest BCUT2D eigenvalue weighted by molar-refractivity contribution is 0.0255. The van der Waals surface area contributed by atoms with E-state index in [1.54, 1.807) is 4.90 Å². The second-order valence-corrected chi connectivity index (χ2v) is 6.83. The number of nitrogens with zero attached hydrogens (tertiary/aromatic N) is 1. The zero-order valence-electron chi connectivity index (χ0n) is 14.0. The van der Waals surface area contributed by atoms with Gasteiger partial charge >= 0.3 is 6.09 Å². The largest absolute Gasteiger partial charge is 0.444 e. The number of hydrogen-bond donors (Lipinski definition) is 1. The van der Waals surface area contributed by atoms with Crippen molar-refractivity contribution in [3.05, 3.63) is 12.2 Å². The molecule has 0 aromatic heterocycles. The molecule has 0 spiro atoms. The van der Waals surface area contributed by atoms with Crippen LogP contribution in [0.3, 0.4) is 0 Å². The number of amides is 1. The number of rotatable bonds is 6. The van der Waals surface area contributed by atoms with Gasteiger partial charge in [-0.05, 0) is 40.0 Å². The number of aliphatic hydroxyl groups is 1. The molecule has 0 aliphatic carbocycles. The lowest BCUT2D eigenvalue weighted by Crippen LogP contribution is -2.39. The van der Waals surface area contributed by atoms with Gasteiger partial charge in [0.25, 0.3) is 0 Å². The Morgan fingerprint density at radius 1 is 1.43 bits per heavy atom. The van der Waals surface area contributed by atoms with Gasteiger partial charge in [-0.3, -0.25) is 0 Å². The predicted octanol–water partition coefficient (Wildman–Crippen LogP) is 3.88. The summed E-state index contributed by atoms with van der Waals surface area (Å²) in [6, 6.07) is 0.0562. The van der Waals surface area contributed by atoms with Crippen molar-refractivity contribution in [1.29, 1.82) is 0 Å². The lowest BCUT2D eigenvalue weighted by atomic mass is 10.1. The molecule has 1 rings (SSSR count). The number of carbonyl (C=O) groups excluding carboxylic acids is 1. The molecule has 21 heavy (non-hydrogen) atoms. The van der Waals surface area contributed by atoms with Gasteiger partial charge in [0.1, 0.15) is 5.60 Å². The second-order valence-electron chi connectivity index (χ2n) is 6.83. The van der Waals surface area contributed by atoms with Gasteiger partial charge in [0.2, 0.25) is 0 Å². The molecule has 1 saturated heterocycles. The first-order valence-corrected chi connectivity index (χ1v) is 8.19. The fourth-order valence-electron chi connectivity index (χ4n) is 2.50. The summed E-state index contributed by atoms with van der Waals surface area (Å²) in [4.78, 5) is 13.9. The Bertz CT molecular complexity index is 346. The number of unbranched alkanes of at least 4 members (excludes halogenated alkanes) is 2. The van der Waals surface area contributed by atoms with Crippen LogP contribution in [0.2, 0.25) is 0 Å². The van der Waals surface area contributed by atoms with Gasteiger partial charge in [-0.2, -0.15) is 0 Å². The standard InChI is InChI=1S/C17H31NO3/c1-5-6-7-10-15(19)12-11-14-9-8-13-18(14)16(20)21-17(2,3)4/h11-12,14-15,19H,5-10,13H2,1-4H3/b12-11+. The van der Waals surface area contributed by atoms with Crippen molar-refractivity contribution in [2.75, 3.05) is 6.54 Å². The number of carbonyl (C=O) groups is 1. The van der Waals surface area contributed by atoms with Crippen molar-refractivity contribution >= 4 is 6.09 Å². The minimum Gasteiger partial charge on any atom is -0.444 e. The predicted molar refractivity (Wildman–Crippen MR) is 85.3 cm³/mol. The monoisotopic (exact) mass is 297 g/mol. The van der Waals surface area contributed by atoms with Crippen LogP contribution in [-0.2, 0) is 4.74 Å². The van der Waals surface area contributed by atoms with Gasteiger partial charge in [-0.1, -0.05) is 38.3 Å². The Labute approximate surface area is 129 Å². The quantitative estimate of drug-likeness (QED) is 0.598. The molecule has 0 bridgehead atoms. The summed E-state index contributed by atoms with van der Waals surface area (Å²) >= 11 is 0. The molecule has 1 aliphatic heterocycles. The molecule has 1 heterocycles. The van der Waals surface area contributed by atoms with E-state index >= 15 is 0 Å². The maximum atomic E-state index is 12.1. The van der Waals surface area contributed by atoms with Crippen LogP contribution >= 0.6 is 0 Å². The lowest BCUT2D eigenvalue weighted by Gasteiger charge is -2.27. The molecule has 0 saturated carbocycles. The van der Waals surface area contributed by atoms with Crippen molar-refractivity contribution in [3.8, 4) is 0 Å². The first-order valence-electron chi connectivity index (χ1n) is 8.19. The zero-order chi connectivity index (χ0) is 15.9. The molecule has 0 aromatic rings. The molecular formula is C17H31NO3. The molecule has 2 atom stereocenters. The van der Waals surface area contributed by atoms with Crippen LogP contribution in [0.15, 0.2) is 12.2 Å². The minimum absolute atomic E-state index is 0.0562. The first kappa shape index (κ1) is 18.0. The SMILES string of the molecule is CCCCCC(O)/C=C/C1CCCN1C(=O)OC(C)(C)C. The van der Waals surface area contributed by atoms with Gasteiger partial charge in [0.15, 0.2) is 0 Å². The van der Waals surface area contributed by atoms with Crippen LogP contribution in [0.4, 0.5) is 4.79 Å². The maximum absolute atomic E-state index is 12.1. The fraction of sp³-hybridized carbons (Fsp3) is 0.824. The Morgan fingerprint density at radius 2 is 2.14 bits per heavy atom. The number of hydrogen-bond acceptors (Lipinski definition) is 3. The smallest absolute Gasteiger partial charge is 0.410 e. The van der Waals surface area contributed by atoms with Crippen LogP contribution in [0, 0.1) is 0 Å². The molecule has 1 N–H and O–H groups in total. The summed E-state index contributed by atoms with van der Waals surface area (Å²) in [6.07, 6.45) is 9.22. The molecule has 1 amide bonds. The van der Waals surface area contributed by atoms with Crippen LogP contribution in [0.1, 0.15) is 66.2 Å². The zero-order valence-corrected chi connectivity index (χ0v) is 14.0. The van der Waals surface area contributed by atoms with E-state index in [2.05, 4.69) is 6.92 Å². The molecule has 2 unspecified atom stereocenters. The Kier molecular flexibility index (Phi) is 7.23. The topological polar surface area (TPSA) is 49.8 Å². The number of likely N-dealkylation sites (tertiary alicyclic amines) is 1. The van der Waals surface area contributed by atoms with Gasteiger partial charge < -0.3 is 14.7 Å². The maximum Gasteiger partial charge on any atom is 0.410 e. The summed E-state index contributed by atoms with van der Waals surface area (Å²) in [6.45, 7) is 8.52. The number of aliphatic hydroxyl groups excluding tert-OH is 1. The van der Waals surface area contributed by atoms with Gasteiger partial charge in [-0.15, -0.1) is 0 Å². The van der Waals surface area contributed by atoms with E-state index in [9.17, 15) is 9.90 Å². The van der Waals surface area contributed by atoms with Crippen LogP contribution < -0.4 is 0 Å². The molecule has 1 aliphatic rings. The van der Waals surface area contributed by atoms with E-state index in [-0.39, 0.29) is 12.1 Å². The highest BCUT2D eigenvalue weighted by molar-refractivity contribution is 5.69. The summed E-state index contributed by atoms with van der Waals surface area (Å²) in [5, 5.41) is 9.93. The molecule has 122 valence electrons. The van der Waals surface area contributed by atoms with E-state index < -0.39 is 11.7 Å². The molecule has 0 aromatic carbocycles. The van der Waals surface area contributed by atoms with E-state index in [4.69, 9.17) is 4.74 Å². The van der Waals surface area contributed by atoms with Crippen molar-refractivity contribution in [3.63, 3.8) is 0 Å². The van der Waals surface area contributed by atoms with Crippen molar-refractivity contribution < 1.29 is 14.6 Å². The van der Waals surface area contributed by atoms with E-state index in [1.807, 2.05) is 32.9 Å².